The Balaban J connectivity index is 1.95. The molecule has 0 amide bonds. The molecule has 118 valence electrons. The van der Waals surface area contributed by atoms with E-state index in [0.717, 1.165) is 11.3 Å². The number of aryl methyl sites for hydroxylation is 1. The second-order valence-electron chi connectivity index (χ2n) is 5.26. The largest absolute Gasteiger partial charge is 0.305 e. The smallest absolute Gasteiger partial charge is 0.261 e. The fourth-order valence-corrected chi connectivity index (χ4v) is 3.36. The highest BCUT2D eigenvalue weighted by Crippen LogP contribution is 2.18. The summed E-state index contributed by atoms with van der Waals surface area (Å²) in [6.07, 6.45) is 3.46. The number of carbonyl (C=O) groups excluding carboxylic acids is 1. The highest BCUT2D eigenvalue weighted by Gasteiger charge is 2.16. The first kappa shape index (κ1) is 15.2. The average molecular weight is 329 g/mol. The van der Waals surface area contributed by atoms with Crippen LogP contribution < -0.4 is 4.72 Å². The minimum Gasteiger partial charge on any atom is -0.305 e. The quantitative estimate of drug-likeness (QED) is 0.746. The molecule has 0 fully saturated rings. The number of sulfonamides is 1. The molecular weight excluding hydrogens is 314 g/mol. The van der Waals surface area contributed by atoms with Gasteiger partial charge < -0.3 is 4.40 Å². The first-order valence-electron chi connectivity index (χ1n) is 6.94. The summed E-state index contributed by atoms with van der Waals surface area (Å²) >= 11 is 0. The molecule has 7 heteroatoms. The lowest BCUT2D eigenvalue weighted by Crippen LogP contribution is -2.13. The third kappa shape index (κ3) is 3.09. The lowest BCUT2D eigenvalue weighted by molar-refractivity contribution is 0.101. The summed E-state index contributed by atoms with van der Waals surface area (Å²) in [6.45, 7) is 3.26. The predicted molar refractivity (Wildman–Crippen MR) is 87.2 cm³/mol. The number of pyridine rings is 1. The number of anilines is 1. The third-order valence-corrected chi connectivity index (χ3v) is 4.75. The summed E-state index contributed by atoms with van der Waals surface area (Å²) in [6, 6.07) is 9.33. The van der Waals surface area contributed by atoms with Crippen molar-refractivity contribution in [3.05, 3.63) is 60.0 Å². The molecule has 0 saturated carbocycles. The summed E-state index contributed by atoms with van der Waals surface area (Å²) in [5, 5.41) is 0. The van der Waals surface area contributed by atoms with Gasteiger partial charge in [0.05, 0.1) is 16.3 Å². The molecule has 0 aliphatic heterocycles. The maximum atomic E-state index is 12.5. The molecule has 0 aliphatic carbocycles. The molecule has 0 radical (unpaired) electrons. The van der Waals surface area contributed by atoms with Crippen molar-refractivity contribution in [1.29, 1.82) is 0 Å². The molecule has 0 atom stereocenters. The molecule has 0 aliphatic rings. The van der Waals surface area contributed by atoms with Crippen molar-refractivity contribution < 1.29 is 13.2 Å². The van der Waals surface area contributed by atoms with Crippen LogP contribution in [0.25, 0.3) is 5.65 Å². The van der Waals surface area contributed by atoms with Crippen molar-refractivity contribution in [3.63, 3.8) is 0 Å². The van der Waals surface area contributed by atoms with Crippen molar-refractivity contribution in [3.8, 4) is 0 Å². The van der Waals surface area contributed by atoms with E-state index >= 15 is 0 Å². The number of carbonyl (C=O) groups is 1. The highest BCUT2D eigenvalue weighted by molar-refractivity contribution is 7.92. The molecule has 6 nitrogen and oxygen atoms in total. The van der Waals surface area contributed by atoms with Crippen LogP contribution in [0, 0.1) is 6.92 Å². The number of ketones is 1. The van der Waals surface area contributed by atoms with Crippen LogP contribution in [-0.4, -0.2) is 23.6 Å². The molecule has 2 aromatic heterocycles. The maximum Gasteiger partial charge on any atom is 0.261 e. The van der Waals surface area contributed by atoms with Crippen LogP contribution in [-0.2, 0) is 10.0 Å². The number of hydrogen-bond donors (Lipinski definition) is 1. The standard InChI is InChI=1S/C16H15N3O3S/c1-11-9-19-10-14(6-7-16(19)17-11)18-23(21,22)15-5-3-4-13(8-15)12(2)20/h3-10,18H,1-2H3. The number of benzene rings is 1. The maximum absolute atomic E-state index is 12.5. The number of nitrogens with one attached hydrogen (secondary N) is 1. The van der Waals surface area contributed by atoms with Crippen molar-refractivity contribution in [2.45, 2.75) is 18.7 Å². The van der Waals surface area contributed by atoms with Crippen molar-refractivity contribution in [1.82, 2.24) is 9.38 Å². The lowest BCUT2D eigenvalue weighted by atomic mass is 10.2. The fraction of sp³-hybridized carbons (Fsp3) is 0.125. The molecule has 3 rings (SSSR count). The Morgan fingerprint density at radius 1 is 1.17 bits per heavy atom. The number of hydrogen-bond acceptors (Lipinski definition) is 4. The van der Waals surface area contributed by atoms with Gasteiger partial charge in [-0.15, -0.1) is 0 Å². The summed E-state index contributed by atoms with van der Waals surface area (Å²) in [5.74, 6) is -0.183. The van der Waals surface area contributed by atoms with Gasteiger partial charge in [-0.1, -0.05) is 12.1 Å². The van der Waals surface area contributed by atoms with Gasteiger partial charge in [0.2, 0.25) is 0 Å². The van der Waals surface area contributed by atoms with E-state index in [1.165, 1.54) is 19.1 Å². The lowest BCUT2D eigenvalue weighted by Gasteiger charge is -2.09. The molecule has 23 heavy (non-hydrogen) atoms. The van der Waals surface area contributed by atoms with Crippen LogP contribution in [0.1, 0.15) is 23.0 Å². The van der Waals surface area contributed by atoms with Crippen LogP contribution in [0.3, 0.4) is 0 Å². The molecule has 2 heterocycles. The van der Waals surface area contributed by atoms with E-state index in [-0.39, 0.29) is 10.7 Å². The van der Waals surface area contributed by atoms with E-state index in [1.807, 2.05) is 13.1 Å². The average Bonchev–Trinajstić information content (AvgIpc) is 2.86. The fourth-order valence-electron chi connectivity index (χ4n) is 2.28. The summed E-state index contributed by atoms with van der Waals surface area (Å²) in [4.78, 5) is 15.7. The minimum absolute atomic E-state index is 0.0482. The summed E-state index contributed by atoms with van der Waals surface area (Å²) < 4.78 is 29.2. The third-order valence-electron chi connectivity index (χ3n) is 3.37. The van der Waals surface area contributed by atoms with Gasteiger partial charge in [0.15, 0.2) is 5.78 Å². The summed E-state index contributed by atoms with van der Waals surface area (Å²) in [7, 11) is -3.77. The van der Waals surface area contributed by atoms with Gasteiger partial charge >= 0.3 is 0 Å². The van der Waals surface area contributed by atoms with E-state index < -0.39 is 10.0 Å². The number of fused-ring (bicyclic) bond motifs is 1. The van der Waals surface area contributed by atoms with E-state index in [9.17, 15) is 13.2 Å². The van der Waals surface area contributed by atoms with Gasteiger partial charge in [0, 0.05) is 18.0 Å². The Labute approximate surface area is 133 Å². The number of nitrogens with zero attached hydrogens (tertiary/aromatic N) is 2. The van der Waals surface area contributed by atoms with Crippen molar-refractivity contribution in [2.24, 2.45) is 0 Å². The molecule has 1 aromatic carbocycles. The van der Waals surface area contributed by atoms with Crippen molar-refractivity contribution in [2.75, 3.05) is 4.72 Å². The van der Waals surface area contributed by atoms with E-state index in [0.29, 0.717) is 11.3 Å². The molecular formula is C16H15N3O3S. The predicted octanol–water partition coefficient (Wildman–Crippen LogP) is 2.65. The Morgan fingerprint density at radius 3 is 2.70 bits per heavy atom. The number of Topliss-reactive ketones (excluding diaryl/α,β-unsaturated/α-hetero) is 1. The van der Waals surface area contributed by atoms with Gasteiger partial charge in [-0.3, -0.25) is 9.52 Å². The van der Waals surface area contributed by atoms with Gasteiger partial charge in [-0.05, 0) is 38.1 Å². The SMILES string of the molecule is CC(=O)c1cccc(S(=O)(=O)Nc2ccc3nc(C)cn3c2)c1. The Bertz CT molecular complexity index is 1010. The number of aromatic nitrogens is 2. The van der Waals surface area contributed by atoms with Crippen LogP contribution in [0.5, 0.6) is 0 Å². The zero-order valence-corrected chi connectivity index (χ0v) is 13.5. The Morgan fingerprint density at radius 2 is 1.96 bits per heavy atom. The minimum atomic E-state index is -3.77. The first-order chi connectivity index (χ1) is 10.8. The molecule has 3 aromatic rings. The zero-order chi connectivity index (χ0) is 16.6. The normalized spacial score (nSPS) is 11.6. The van der Waals surface area contributed by atoms with E-state index in [4.69, 9.17) is 0 Å². The number of rotatable bonds is 4. The van der Waals surface area contributed by atoms with Crippen LogP contribution in [0.15, 0.2) is 53.7 Å². The Kier molecular flexibility index (Phi) is 3.65. The molecule has 1 N–H and O–H groups in total. The van der Waals surface area contributed by atoms with Crippen molar-refractivity contribution >= 4 is 27.1 Å². The molecule has 0 saturated heterocycles. The van der Waals surface area contributed by atoms with Crippen LogP contribution in [0.4, 0.5) is 5.69 Å². The molecule has 0 bridgehead atoms. The first-order valence-corrected chi connectivity index (χ1v) is 8.43. The summed E-state index contributed by atoms with van der Waals surface area (Å²) in [5.41, 5.74) is 2.36. The zero-order valence-electron chi connectivity index (χ0n) is 12.6. The van der Waals surface area contributed by atoms with Gasteiger partial charge in [-0.2, -0.15) is 0 Å². The van der Waals surface area contributed by atoms with E-state index in [2.05, 4.69) is 9.71 Å². The topological polar surface area (TPSA) is 80.5 Å². The number of imidazole rings is 1. The van der Waals surface area contributed by atoms with Crippen LogP contribution in [0.2, 0.25) is 0 Å². The monoisotopic (exact) mass is 329 g/mol. The highest BCUT2D eigenvalue weighted by atomic mass is 32.2. The second-order valence-corrected chi connectivity index (χ2v) is 6.94. The van der Waals surface area contributed by atoms with Gasteiger partial charge in [0.25, 0.3) is 10.0 Å². The van der Waals surface area contributed by atoms with Gasteiger partial charge in [-0.25, -0.2) is 13.4 Å². The second kappa shape index (κ2) is 5.51. The van der Waals surface area contributed by atoms with E-state index in [1.54, 1.807) is 34.9 Å². The Hall–Kier alpha value is -2.67. The van der Waals surface area contributed by atoms with Gasteiger partial charge in [0.1, 0.15) is 5.65 Å². The van der Waals surface area contributed by atoms with Crippen LogP contribution >= 0.6 is 0 Å². The molecule has 0 spiro atoms. The molecule has 0 unspecified atom stereocenters.